The topological polar surface area (TPSA) is 46.2 Å². The van der Waals surface area contributed by atoms with Crippen molar-refractivity contribution in [3.05, 3.63) is 34.9 Å². The SMILES string of the molecule is Cc1ccc(F)c([C@H](N)CCCO)c1F. The summed E-state index contributed by atoms with van der Waals surface area (Å²) in [6.07, 6.45) is 0.807. The Kier molecular flexibility index (Phi) is 4.17. The van der Waals surface area contributed by atoms with Crippen LogP contribution in [0.3, 0.4) is 0 Å². The molecule has 2 nitrogen and oxygen atoms in total. The molecule has 1 rings (SSSR count). The zero-order chi connectivity index (χ0) is 11.4. The normalized spacial score (nSPS) is 12.9. The highest BCUT2D eigenvalue weighted by Gasteiger charge is 2.17. The molecule has 0 aliphatic heterocycles. The number of nitrogens with two attached hydrogens (primary N) is 1. The maximum absolute atomic E-state index is 13.6. The number of rotatable bonds is 4. The number of aliphatic hydroxyl groups excluding tert-OH is 1. The molecular formula is C11H15F2NO. The van der Waals surface area contributed by atoms with Gasteiger partial charge in [0.05, 0.1) is 0 Å². The molecule has 4 heteroatoms. The van der Waals surface area contributed by atoms with Gasteiger partial charge in [0.2, 0.25) is 0 Å². The van der Waals surface area contributed by atoms with E-state index in [9.17, 15) is 8.78 Å². The van der Waals surface area contributed by atoms with E-state index in [4.69, 9.17) is 10.8 Å². The van der Waals surface area contributed by atoms with Crippen LogP contribution in [0.1, 0.15) is 30.0 Å². The molecule has 1 atom stereocenters. The van der Waals surface area contributed by atoms with Crippen LogP contribution in [0, 0.1) is 18.6 Å². The van der Waals surface area contributed by atoms with Crippen molar-refractivity contribution in [1.29, 1.82) is 0 Å². The summed E-state index contributed by atoms with van der Waals surface area (Å²) in [5.74, 6) is -1.20. The van der Waals surface area contributed by atoms with E-state index in [1.165, 1.54) is 12.1 Å². The molecular weight excluding hydrogens is 200 g/mol. The molecule has 0 saturated carbocycles. The van der Waals surface area contributed by atoms with E-state index in [0.717, 1.165) is 0 Å². The van der Waals surface area contributed by atoms with Gasteiger partial charge >= 0.3 is 0 Å². The Balaban J connectivity index is 2.96. The molecule has 0 heterocycles. The molecule has 0 unspecified atom stereocenters. The van der Waals surface area contributed by atoms with E-state index < -0.39 is 17.7 Å². The first-order valence-corrected chi connectivity index (χ1v) is 4.89. The third kappa shape index (κ3) is 2.73. The zero-order valence-electron chi connectivity index (χ0n) is 8.63. The number of hydrogen-bond acceptors (Lipinski definition) is 2. The maximum Gasteiger partial charge on any atom is 0.133 e. The van der Waals surface area contributed by atoms with Gasteiger partial charge in [-0.05, 0) is 31.4 Å². The Bertz CT molecular complexity index is 342. The highest BCUT2D eigenvalue weighted by molar-refractivity contribution is 5.28. The molecule has 1 aromatic carbocycles. The van der Waals surface area contributed by atoms with E-state index in [1.54, 1.807) is 6.92 Å². The minimum atomic E-state index is -0.697. The predicted octanol–water partition coefficient (Wildman–Crippen LogP) is 2.05. The number of aryl methyl sites for hydroxylation is 1. The van der Waals surface area contributed by atoms with Crippen LogP contribution in [0.25, 0.3) is 0 Å². The molecule has 0 aliphatic rings. The minimum absolute atomic E-state index is 0.0250. The van der Waals surface area contributed by atoms with Gasteiger partial charge in [-0.25, -0.2) is 8.78 Å². The van der Waals surface area contributed by atoms with Crippen LogP contribution in [0.5, 0.6) is 0 Å². The molecule has 0 bridgehead atoms. The largest absolute Gasteiger partial charge is 0.396 e. The summed E-state index contributed by atoms with van der Waals surface area (Å²) in [5.41, 5.74) is 5.96. The second kappa shape index (κ2) is 5.19. The monoisotopic (exact) mass is 215 g/mol. The average molecular weight is 215 g/mol. The van der Waals surface area contributed by atoms with Crippen LogP contribution in [-0.2, 0) is 0 Å². The van der Waals surface area contributed by atoms with Crippen molar-refractivity contribution in [2.24, 2.45) is 5.73 Å². The number of benzene rings is 1. The van der Waals surface area contributed by atoms with Crippen LogP contribution in [0.15, 0.2) is 12.1 Å². The molecule has 84 valence electrons. The van der Waals surface area contributed by atoms with Crippen molar-refractivity contribution in [3.8, 4) is 0 Å². The van der Waals surface area contributed by atoms with Crippen LogP contribution in [0.2, 0.25) is 0 Å². The lowest BCUT2D eigenvalue weighted by atomic mass is 9.99. The molecule has 1 aromatic rings. The predicted molar refractivity (Wildman–Crippen MR) is 54.3 cm³/mol. The molecule has 15 heavy (non-hydrogen) atoms. The second-order valence-corrected chi connectivity index (χ2v) is 3.56. The summed E-state index contributed by atoms with van der Waals surface area (Å²) in [4.78, 5) is 0. The summed E-state index contributed by atoms with van der Waals surface area (Å²) in [7, 11) is 0. The zero-order valence-corrected chi connectivity index (χ0v) is 8.63. The third-order valence-electron chi connectivity index (χ3n) is 2.36. The molecule has 0 fully saturated rings. The van der Waals surface area contributed by atoms with Crippen molar-refractivity contribution in [1.82, 2.24) is 0 Å². The van der Waals surface area contributed by atoms with Crippen molar-refractivity contribution in [2.45, 2.75) is 25.8 Å². The third-order valence-corrected chi connectivity index (χ3v) is 2.36. The molecule has 3 N–H and O–H groups in total. The fourth-order valence-corrected chi connectivity index (χ4v) is 1.47. The van der Waals surface area contributed by atoms with Crippen molar-refractivity contribution in [3.63, 3.8) is 0 Å². The van der Waals surface area contributed by atoms with Crippen molar-refractivity contribution < 1.29 is 13.9 Å². The van der Waals surface area contributed by atoms with Gasteiger partial charge in [-0.1, -0.05) is 6.07 Å². The van der Waals surface area contributed by atoms with Gasteiger partial charge in [0.15, 0.2) is 0 Å². The van der Waals surface area contributed by atoms with Gasteiger partial charge in [0.1, 0.15) is 11.6 Å². The van der Waals surface area contributed by atoms with Crippen LogP contribution >= 0.6 is 0 Å². The molecule has 0 spiro atoms. The van der Waals surface area contributed by atoms with Crippen LogP contribution in [0.4, 0.5) is 8.78 Å². The molecule has 0 amide bonds. The van der Waals surface area contributed by atoms with Crippen LogP contribution in [-0.4, -0.2) is 11.7 Å². The Labute approximate surface area is 87.7 Å². The van der Waals surface area contributed by atoms with E-state index in [0.29, 0.717) is 18.4 Å². The van der Waals surface area contributed by atoms with Crippen molar-refractivity contribution >= 4 is 0 Å². The van der Waals surface area contributed by atoms with E-state index in [2.05, 4.69) is 0 Å². The van der Waals surface area contributed by atoms with E-state index in [1.807, 2.05) is 0 Å². The van der Waals surface area contributed by atoms with Gasteiger partial charge in [-0.2, -0.15) is 0 Å². The fraction of sp³-hybridized carbons (Fsp3) is 0.455. The van der Waals surface area contributed by atoms with Gasteiger partial charge in [0, 0.05) is 18.2 Å². The lowest BCUT2D eigenvalue weighted by molar-refractivity contribution is 0.278. The highest BCUT2D eigenvalue weighted by atomic mass is 19.1. The van der Waals surface area contributed by atoms with Gasteiger partial charge in [-0.15, -0.1) is 0 Å². The molecule has 0 saturated heterocycles. The van der Waals surface area contributed by atoms with Crippen molar-refractivity contribution in [2.75, 3.05) is 6.61 Å². The highest BCUT2D eigenvalue weighted by Crippen LogP contribution is 2.24. The minimum Gasteiger partial charge on any atom is -0.396 e. The summed E-state index contributed by atoms with van der Waals surface area (Å²) in [6.45, 7) is 1.54. The summed E-state index contributed by atoms with van der Waals surface area (Å²) >= 11 is 0. The number of hydrogen-bond donors (Lipinski definition) is 2. The summed E-state index contributed by atoms with van der Waals surface area (Å²) in [6, 6.07) is 1.90. The lowest BCUT2D eigenvalue weighted by Crippen LogP contribution is -2.15. The average Bonchev–Trinajstić information content (AvgIpc) is 2.21. The Morgan fingerprint density at radius 1 is 1.40 bits per heavy atom. The summed E-state index contributed by atoms with van der Waals surface area (Å²) < 4.78 is 26.9. The van der Waals surface area contributed by atoms with Gasteiger partial charge in [-0.3, -0.25) is 0 Å². The number of aliphatic hydroxyl groups is 1. The quantitative estimate of drug-likeness (QED) is 0.807. The van der Waals surface area contributed by atoms with E-state index >= 15 is 0 Å². The second-order valence-electron chi connectivity index (χ2n) is 3.56. The fourth-order valence-electron chi connectivity index (χ4n) is 1.47. The van der Waals surface area contributed by atoms with E-state index in [-0.39, 0.29) is 12.2 Å². The molecule has 0 radical (unpaired) electrons. The number of halogens is 2. The first kappa shape index (κ1) is 12.1. The molecule has 0 aliphatic carbocycles. The smallest absolute Gasteiger partial charge is 0.133 e. The summed E-state index contributed by atoms with van der Waals surface area (Å²) in [5, 5.41) is 8.61. The first-order chi connectivity index (χ1) is 7.07. The maximum atomic E-state index is 13.6. The molecule has 0 aromatic heterocycles. The standard InChI is InChI=1S/C11H15F2NO/c1-7-4-5-8(12)10(11(7)13)9(14)3-2-6-15/h4-5,9,15H,2-3,6,14H2,1H3/t9-/m1/s1. The Hall–Kier alpha value is -1.00. The van der Waals surface area contributed by atoms with Gasteiger partial charge in [0.25, 0.3) is 0 Å². The first-order valence-electron chi connectivity index (χ1n) is 4.89. The van der Waals surface area contributed by atoms with Crippen LogP contribution < -0.4 is 5.73 Å². The van der Waals surface area contributed by atoms with Gasteiger partial charge < -0.3 is 10.8 Å². The lowest BCUT2D eigenvalue weighted by Gasteiger charge is -2.14. The Morgan fingerprint density at radius 3 is 2.67 bits per heavy atom. The Morgan fingerprint density at radius 2 is 2.07 bits per heavy atom.